The molecule has 13 heavy (non-hydrogen) atoms. The van der Waals surface area contributed by atoms with Crippen LogP contribution in [0.15, 0.2) is 24.3 Å². The highest BCUT2D eigenvalue weighted by atomic mass is 16.4. The summed E-state index contributed by atoms with van der Waals surface area (Å²) < 4.78 is 0. The highest BCUT2D eigenvalue weighted by molar-refractivity contribution is 6.33. The fraction of sp³-hybridized carbons (Fsp3) is 0.125. The normalized spacial score (nSPS) is 10.8. The zero-order chi connectivity index (χ0) is 10.3. The van der Waals surface area contributed by atoms with Crippen molar-refractivity contribution in [2.24, 2.45) is 0 Å². The number of carboxylic acid groups (broad SMARTS) is 2. The van der Waals surface area contributed by atoms with Crippen LogP contribution < -0.4 is 0 Å². The van der Waals surface area contributed by atoms with Crippen LogP contribution in [0.4, 0.5) is 0 Å². The fourth-order valence-electron chi connectivity index (χ4n) is 0.479. The Balaban J connectivity index is 3.83. The molecule has 0 bridgehead atoms. The Hall–Kier alpha value is -1.91. The molecule has 0 fully saturated rings. The number of allylic oxidation sites excluding steroid dienone is 3. The van der Waals surface area contributed by atoms with Crippen molar-refractivity contribution in [2.75, 3.05) is 0 Å². The second kappa shape index (κ2) is 5.70. The maximum Gasteiger partial charge on any atom is 0.372 e. The summed E-state index contributed by atoms with van der Waals surface area (Å²) in [5.74, 6) is -3.53. The van der Waals surface area contributed by atoms with Gasteiger partial charge in [0.2, 0.25) is 5.78 Å². The summed E-state index contributed by atoms with van der Waals surface area (Å²) in [5.41, 5.74) is 0. The van der Waals surface area contributed by atoms with E-state index in [1.165, 1.54) is 18.2 Å². The van der Waals surface area contributed by atoms with E-state index in [0.29, 0.717) is 0 Å². The molecule has 5 nitrogen and oxygen atoms in total. The van der Waals surface area contributed by atoms with Crippen molar-refractivity contribution in [3.05, 3.63) is 24.3 Å². The lowest BCUT2D eigenvalue weighted by Gasteiger charge is -1.84. The van der Waals surface area contributed by atoms with Gasteiger partial charge in [0.05, 0.1) is 0 Å². The van der Waals surface area contributed by atoms with Crippen LogP contribution in [0.3, 0.4) is 0 Å². The third kappa shape index (κ3) is 6.49. The molecule has 0 saturated carbocycles. The molecule has 0 heterocycles. The Kier molecular flexibility index (Phi) is 4.87. The van der Waals surface area contributed by atoms with E-state index in [0.717, 1.165) is 6.08 Å². The smallest absolute Gasteiger partial charge is 0.372 e. The van der Waals surface area contributed by atoms with Crippen molar-refractivity contribution in [1.82, 2.24) is 0 Å². The first-order valence-corrected chi connectivity index (χ1v) is 3.36. The minimum atomic E-state index is -1.49. The number of rotatable bonds is 5. The van der Waals surface area contributed by atoms with E-state index in [1.54, 1.807) is 0 Å². The molecule has 0 aliphatic heterocycles. The van der Waals surface area contributed by atoms with Gasteiger partial charge in [0.1, 0.15) is 0 Å². The van der Waals surface area contributed by atoms with Crippen molar-refractivity contribution < 1.29 is 24.6 Å². The van der Waals surface area contributed by atoms with Gasteiger partial charge in [-0.2, -0.15) is 0 Å². The van der Waals surface area contributed by atoms with E-state index in [-0.39, 0.29) is 6.42 Å². The maximum atomic E-state index is 10.4. The van der Waals surface area contributed by atoms with Crippen LogP contribution in [0.25, 0.3) is 0 Å². The Labute approximate surface area is 74.0 Å². The first kappa shape index (κ1) is 11.1. The molecule has 0 spiro atoms. The predicted octanol–water partition coefficient (Wildman–Crippen LogP) is 0.227. The van der Waals surface area contributed by atoms with Crippen LogP contribution >= 0.6 is 0 Å². The van der Waals surface area contributed by atoms with Crippen molar-refractivity contribution in [3.8, 4) is 0 Å². The molecule has 0 aliphatic carbocycles. The molecule has 0 aromatic carbocycles. The van der Waals surface area contributed by atoms with Gasteiger partial charge < -0.3 is 10.2 Å². The van der Waals surface area contributed by atoms with Gasteiger partial charge in [0, 0.05) is 12.5 Å². The van der Waals surface area contributed by atoms with Crippen molar-refractivity contribution in [2.45, 2.75) is 6.42 Å². The molecule has 0 rings (SSSR count). The molecular formula is C8H8O5. The van der Waals surface area contributed by atoms with Crippen LogP contribution in [0.2, 0.25) is 0 Å². The standard InChI is InChI=1S/C8H8O5/c9-6(8(12)13)4-2-1-3-5-7(10)11/h1-3,5H,4H2,(H,10,11)(H,12,13)/b2-1+,5-3+. The number of hydrogen-bond acceptors (Lipinski definition) is 3. The summed E-state index contributed by atoms with van der Waals surface area (Å²) in [5, 5.41) is 16.3. The van der Waals surface area contributed by atoms with Crippen LogP contribution in [0.5, 0.6) is 0 Å². The van der Waals surface area contributed by atoms with Crippen LogP contribution in [-0.4, -0.2) is 27.9 Å². The quantitative estimate of drug-likeness (QED) is 0.362. The summed E-state index contributed by atoms with van der Waals surface area (Å²) >= 11 is 0. The van der Waals surface area contributed by atoms with Gasteiger partial charge in [-0.3, -0.25) is 4.79 Å². The van der Waals surface area contributed by atoms with Gasteiger partial charge in [-0.05, 0) is 0 Å². The molecule has 0 amide bonds. The molecule has 0 unspecified atom stereocenters. The molecule has 70 valence electrons. The Morgan fingerprint density at radius 1 is 1.08 bits per heavy atom. The average Bonchev–Trinajstić information content (AvgIpc) is 2.02. The summed E-state index contributed by atoms with van der Waals surface area (Å²) in [6.07, 6.45) is 4.42. The summed E-state index contributed by atoms with van der Waals surface area (Å²) in [7, 11) is 0. The Bertz CT molecular complexity index is 274. The van der Waals surface area contributed by atoms with E-state index in [9.17, 15) is 14.4 Å². The minimum absolute atomic E-state index is 0.237. The van der Waals surface area contributed by atoms with E-state index < -0.39 is 17.7 Å². The summed E-state index contributed by atoms with van der Waals surface area (Å²) in [4.78, 5) is 30.3. The van der Waals surface area contributed by atoms with Gasteiger partial charge in [-0.25, -0.2) is 9.59 Å². The van der Waals surface area contributed by atoms with E-state index in [4.69, 9.17) is 10.2 Å². The summed E-state index contributed by atoms with van der Waals surface area (Å²) in [6, 6.07) is 0. The van der Waals surface area contributed by atoms with Crippen molar-refractivity contribution >= 4 is 17.7 Å². The van der Waals surface area contributed by atoms with Crippen LogP contribution in [0, 0.1) is 0 Å². The summed E-state index contributed by atoms with van der Waals surface area (Å²) in [6.45, 7) is 0. The lowest BCUT2D eigenvalue weighted by molar-refractivity contribution is -0.148. The van der Waals surface area contributed by atoms with Gasteiger partial charge >= 0.3 is 11.9 Å². The Morgan fingerprint density at radius 2 is 1.69 bits per heavy atom. The molecule has 2 N–H and O–H groups in total. The second-order valence-electron chi connectivity index (χ2n) is 2.06. The second-order valence-corrected chi connectivity index (χ2v) is 2.06. The predicted molar refractivity (Wildman–Crippen MR) is 43.2 cm³/mol. The van der Waals surface area contributed by atoms with Gasteiger partial charge in [-0.1, -0.05) is 18.2 Å². The van der Waals surface area contributed by atoms with E-state index in [2.05, 4.69) is 0 Å². The average molecular weight is 184 g/mol. The zero-order valence-corrected chi connectivity index (χ0v) is 6.64. The largest absolute Gasteiger partial charge is 0.478 e. The molecular weight excluding hydrogens is 176 g/mol. The number of carbonyl (C=O) groups excluding carboxylic acids is 1. The minimum Gasteiger partial charge on any atom is -0.478 e. The lowest BCUT2D eigenvalue weighted by atomic mass is 10.2. The maximum absolute atomic E-state index is 10.4. The molecule has 0 aliphatic rings. The van der Waals surface area contributed by atoms with Crippen molar-refractivity contribution in [1.29, 1.82) is 0 Å². The Morgan fingerprint density at radius 3 is 2.15 bits per heavy atom. The zero-order valence-electron chi connectivity index (χ0n) is 6.64. The lowest BCUT2D eigenvalue weighted by Crippen LogP contribution is -2.10. The molecule has 0 aromatic rings. The van der Waals surface area contributed by atoms with E-state index in [1.807, 2.05) is 0 Å². The molecule has 0 aromatic heterocycles. The number of hydrogen-bond donors (Lipinski definition) is 2. The monoisotopic (exact) mass is 184 g/mol. The highest BCUT2D eigenvalue weighted by Gasteiger charge is 2.07. The number of Topliss-reactive ketones (excluding diaryl/α,β-unsaturated/α-hetero) is 1. The SMILES string of the molecule is O=C(O)/C=C/C=C/CC(=O)C(=O)O. The van der Waals surface area contributed by atoms with Crippen molar-refractivity contribution in [3.63, 3.8) is 0 Å². The third-order valence-corrected chi connectivity index (χ3v) is 1.03. The van der Waals surface area contributed by atoms with Gasteiger partial charge in [0.15, 0.2) is 0 Å². The van der Waals surface area contributed by atoms with E-state index >= 15 is 0 Å². The number of carbonyl (C=O) groups is 3. The molecule has 5 heteroatoms. The third-order valence-electron chi connectivity index (χ3n) is 1.03. The van der Waals surface area contributed by atoms with Gasteiger partial charge in [0.25, 0.3) is 0 Å². The first-order chi connectivity index (χ1) is 6.04. The highest BCUT2D eigenvalue weighted by Crippen LogP contribution is 1.87. The first-order valence-electron chi connectivity index (χ1n) is 3.36. The topological polar surface area (TPSA) is 91.7 Å². The number of ketones is 1. The van der Waals surface area contributed by atoms with Crippen LogP contribution in [0.1, 0.15) is 6.42 Å². The fourth-order valence-corrected chi connectivity index (χ4v) is 0.479. The van der Waals surface area contributed by atoms with Gasteiger partial charge in [-0.15, -0.1) is 0 Å². The molecule has 0 saturated heterocycles. The van der Waals surface area contributed by atoms with Crippen LogP contribution in [-0.2, 0) is 14.4 Å². The molecule has 0 radical (unpaired) electrons. The number of aliphatic carboxylic acids is 2. The molecule has 0 atom stereocenters. The number of carboxylic acids is 2.